The average Bonchev–Trinajstić information content (AvgIpc) is 3.57. The highest BCUT2D eigenvalue weighted by atomic mass is 32.1. The second-order valence-corrected chi connectivity index (χ2v) is 14.1. The maximum Gasteiger partial charge on any atom is 0.0476 e. The van der Waals surface area contributed by atoms with Gasteiger partial charge in [0.05, 0.1) is 0 Å². The van der Waals surface area contributed by atoms with Crippen LogP contribution in [0.15, 0.2) is 188 Å². The third kappa shape index (κ3) is 4.92. The average molecular weight is 654 g/mol. The summed E-state index contributed by atoms with van der Waals surface area (Å²) in [4.78, 5) is 2.39. The topological polar surface area (TPSA) is 3.24 Å². The predicted molar refractivity (Wildman–Crippen MR) is 217 cm³/mol. The number of thiophene rings is 1. The van der Waals surface area contributed by atoms with Gasteiger partial charge in [-0.2, -0.15) is 0 Å². The van der Waals surface area contributed by atoms with Crippen LogP contribution in [0.3, 0.4) is 0 Å². The Morgan fingerprint density at radius 2 is 0.780 bits per heavy atom. The van der Waals surface area contributed by atoms with Gasteiger partial charge in [0.25, 0.3) is 0 Å². The molecular formula is C48H31NS. The van der Waals surface area contributed by atoms with Gasteiger partial charge in [-0.3, -0.25) is 0 Å². The summed E-state index contributed by atoms with van der Waals surface area (Å²) in [5, 5.41) is 10.3. The highest BCUT2D eigenvalue weighted by Gasteiger charge is 2.16. The third-order valence-corrected chi connectivity index (χ3v) is 11.1. The molecule has 0 saturated heterocycles. The molecule has 0 unspecified atom stereocenters. The summed E-state index contributed by atoms with van der Waals surface area (Å²) >= 11 is 1.87. The van der Waals surface area contributed by atoms with E-state index in [1.54, 1.807) is 0 Å². The SMILES string of the molecule is c1ccc2cc(-c3ccc(N(c4ccc(-c5ccc6ccccc6c5)cc4)c4ccc5c(c4)sc4ccc6ccccc6c45)cc3)ccc2c1. The van der Waals surface area contributed by atoms with Gasteiger partial charge in [0.1, 0.15) is 0 Å². The van der Waals surface area contributed by atoms with Crippen molar-refractivity contribution in [2.75, 3.05) is 4.90 Å². The first kappa shape index (κ1) is 28.8. The number of hydrogen-bond donors (Lipinski definition) is 0. The monoisotopic (exact) mass is 653 g/mol. The Balaban J connectivity index is 1.08. The molecule has 9 aromatic carbocycles. The van der Waals surface area contributed by atoms with Crippen molar-refractivity contribution in [2.45, 2.75) is 0 Å². The molecule has 10 aromatic rings. The lowest BCUT2D eigenvalue weighted by molar-refractivity contribution is 1.29. The Labute approximate surface area is 294 Å². The molecule has 10 rings (SSSR count). The van der Waals surface area contributed by atoms with E-state index in [-0.39, 0.29) is 0 Å². The van der Waals surface area contributed by atoms with Crippen LogP contribution in [-0.4, -0.2) is 0 Å². The molecule has 0 amide bonds. The Kier molecular flexibility index (Phi) is 6.75. The van der Waals surface area contributed by atoms with Gasteiger partial charge in [0.2, 0.25) is 0 Å². The number of rotatable bonds is 5. The molecule has 1 heterocycles. The maximum atomic E-state index is 2.39. The molecule has 0 aliphatic rings. The number of benzene rings is 9. The number of nitrogens with zero attached hydrogens (tertiary/aromatic N) is 1. The fraction of sp³-hybridized carbons (Fsp3) is 0. The molecule has 0 N–H and O–H groups in total. The standard InChI is InChI=1S/C48H31NS/c1-3-10-37-29-39(15-13-32(37)7-1)34-17-22-41(23-18-34)49(42-24-19-35(20-25-42)40-16-14-33-8-2-4-11-38(33)30-40)43-26-27-45-47(31-43)50-46-28-21-36-9-5-6-12-44(36)48(45)46/h1-31H. The molecular weight excluding hydrogens is 623 g/mol. The van der Waals surface area contributed by atoms with E-state index in [1.165, 1.54) is 74.7 Å². The summed E-state index contributed by atoms with van der Waals surface area (Å²) < 4.78 is 2.61. The minimum atomic E-state index is 1.12. The lowest BCUT2D eigenvalue weighted by atomic mass is 10.00. The minimum Gasteiger partial charge on any atom is -0.310 e. The summed E-state index contributed by atoms with van der Waals surface area (Å²) in [6, 6.07) is 68.8. The van der Waals surface area contributed by atoms with Gasteiger partial charge in [0, 0.05) is 37.2 Å². The zero-order valence-electron chi connectivity index (χ0n) is 27.3. The lowest BCUT2D eigenvalue weighted by Gasteiger charge is -2.26. The molecule has 0 spiro atoms. The van der Waals surface area contributed by atoms with E-state index in [0.29, 0.717) is 0 Å². The molecule has 0 aliphatic heterocycles. The van der Waals surface area contributed by atoms with E-state index in [0.717, 1.165) is 17.1 Å². The van der Waals surface area contributed by atoms with E-state index >= 15 is 0 Å². The first-order valence-electron chi connectivity index (χ1n) is 17.1. The van der Waals surface area contributed by atoms with E-state index in [9.17, 15) is 0 Å². The molecule has 234 valence electrons. The molecule has 0 atom stereocenters. The Bertz CT molecular complexity index is 2740. The third-order valence-electron chi connectivity index (χ3n) is 10.0. The van der Waals surface area contributed by atoms with Crippen LogP contribution < -0.4 is 4.90 Å². The van der Waals surface area contributed by atoms with E-state index in [4.69, 9.17) is 0 Å². The second-order valence-electron chi connectivity index (χ2n) is 13.0. The van der Waals surface area contributed by atoms with Gasteiger partial charge in [-0.15, -0.1) is 11.3 Å². The van der Waals surface area contributed by atoms with Crippen molar-refractivity contribution in [2.24, 2.45) is 0 Å². The van der Waals surface area contributed by atoms with Crippen LogP contribution in [0.25, 0.3) is 74.7 Å². The smallest absolute Gasteiger partial charge is 0.0476 e. The summed E-state index contributed by atoms with van der Waals surface area (Å²) in [5.74, 6) is 0. The zero-order chi connectivity index (χ0) is 33.0. The van der Waals surface area contributed by atoms with Crippen molar-refractivity contribution in [3.8, 4) is 22.3 Å². The van der Waals surface area contributed by atoms with Crippen molar-refractivity contribution in [3.63, 3.8) is 0 Å². The van der Waals surface area contributed by atoms with Crippen LogP contribution in [-0.2, 0) is 0 Å². The Morgan fingerprint density at radius 1 is 0.300 bits per heavy atom. The van der Waals surface area contributed by atoms with E-state index in [1.807, 2.05) is 11.3 Å². The van der Waals surface area contributed by atoms with Crippen LogP contribution in [0.4, 0.5) is 17.1 Å². The van der Waals surface area contributed by atoms with Gasteiger partial charge in [-0.1, -0.05) is 133 Å². The first-order valence-corrected chi connectivity index (χ1v) is 17.9. The molecule has 0 bridgehead atoms. The van der Waals surface area contributed by atoms with Crippen molar-refractivity contribution < 1.29 is 0 Å². The Hall–Kier alpha value is -6.22. The van der Waals surface area contributed by atoms with Crippen LogP contribution in [0.1, 0.15) is 0 Å². The van der Waals surface area contributed by atoms with Gasteiger partial charge in [-0.05, 0) is 109 Å². The zero-order valence-corrected chi connectivity index (χ0v) is 28.1. The molecule has 0 fully saturated rings. The minimum absolute atomic E-state index is 1.12. The summed E-state index contributed by atoms with van der Waals surface area (Å²) in [5.41, 5.74) is 8.25. The van der Waals surface area contributed by atoms with Gasteiger partial charge < -0.3 is 4.90 Å². The van der Waals surface area contributed by atoms with Crippen LogP contribution >= 0.6 is 11.3 Å². The fourth-order valence-electron chi connectivity index (χ4n) is 7.46. The molecule has 1 aromatic heterocycles. The van der Waals surface area contributed by atoms with E-state index in [2.05, 4.69) is 193 Å². The highest BCUT2D eigenvalue weighted by Crippen LogP contribution is 2.43. The van der Waals surface area contributed by atoms with Crippen LogP contribution in [0, 0.1) is 0 Å². The quantitative estimate of drug-likeness (QED) is 0.179. The van der Waals surface area contributed by atoms with Crippen LogP contribution in [0.2, 0.25) is 0 Å². The number of hydrogen-bond acceptors (Lipinski definition) is 2. The molecule has 50 heavy (non-hydrogen) atoms. The Morgan fingerprint density at radius 3 is 1.38 bits per heavy atom. The predicted octanol–water partition coefficient (Wildman–Crippen LogP) is 14.3. The first-order chi connectivity index (χ1) is 24.7. The number of anilines is 3. The lowest BCUT2D eigenvalue weighted by Crippen LogP contribution is -2.09. The summed E-state index contributed by atoms with van der Waals surface area (Å²) in [6.07, 6.45) is 0. The highest BCUT2D eigenvalue weighted by molar-refractivity contribution is 7.26. The normalized spacial score (nSPS) is 11.6. The largest absolute Gasteiger partial charge is 0.310 e. The van der Waals surface area contributed by atoms with Gasteiger partial charge >= 0.3 is 0 Å². The van der Waals surface area contributed by atoms with E-state index < -0.39 is 0 Å². The molecule has 0 radical (unpaired) electrons. The van der Waals surface area contributed by atoms with Crippen LogP contribution in [0.5, 0.6) is 0 Å². The maximum absolute atomic E-state index is 2.39. The van der Waals surface area contributed by atoms with Crippen molar-refractivity contribution >= 4 is 80.9 Å². The van der Waals surface area contributed by atoms with Crippen molar-refractivity contribution in [3.05, 3.63) is 188 Å². The molecule has 0 aliphatic carbocycles. The molecule has 2 heteroatoms. The molecule has 1 nitrogen and oxygen atoms in total. The fourth-order valence-corrected chi connectivity index (χ4v) is 8.62. The summed E-state index contributed by atoms with van der Waals surface area (Å²) in [6.45, 7) is 0. The van der Waals surface area contributed by atoms with Crippen molar-refractivity contribution in [1.29, 1.82) is 0 Å². The van der Waals surface area contributed by atoms with Gasteiger partial charge in [0.15, 0.2) is 0 Å². The summed E-state index contributed by atoms with van der Waals surface area (Å²) in [7, 11) is 0. The number of fused-ring (bicyclic) bond motifs is 7. The molecule has 0 saturated carbocycles. The van der Waals surface area contributed by atoms with Crippen molar-refractivity contribution in [1.82, 2.24) is 0 Å². The second kappa shape index (κ2) is 11.7. The van der Waals surface area contributed by atoms with Gasteiger partial charge in [-0.25, -0.2) is 0 Å².